The molecule has 30 heavy (non-hydrogen) atoms. The maximum atomic E-state index is 13.4. The third-order valence-electron chi connectivity index (χ3n) is 4.90. The summed E-state index contributed by atoms with van der Waals surface area (Å²) in [4.78, 5) is 12.6. The molecule has 3 rings (SSSR count). The van der Waals surface area contributed by atoms with Gasteiger partial charge in [-0.3, -0.25) is 4.79 Å². The highest BCUT2D eigenvalue weighted by Gasteiger charge is 2.29. The Morgan fingerprint density at radius 2 is 1.97 bits per heavy atom. The van der Waals surface area contributed by atoms with Crippen molar-refractivity contribution >= 4 is 21.6 Å². The topological polar surface area (TPSA) is 84.9 Å². The average Bonchev–Trinajstić information content (AvgIpc) is 2.74. The molecule has 1 atom stereocenters. The van der Waals surface area contributed by atoms with Crippen LogP contribution in [0.15, 0.2) is 47.4 Å². The van der Waals surface area contributed by atoms with Gasteiger partial charge in [0.25, 0.3) is 0 Å². The standard InChI is InChI=1S/C21H25FN2O5S/c1-15(12-16-4-3-5-17(22)13-16)21(25)23-18-6-7-19(28-2)20(14-18)30(26,27)24-8-10-29-11-9-24/h3-7,13-15H,8-12H2,1-2H3,(H,23,25). The summed E-state index contributed by atoms with van der Waals surface area (Å²) in [7, 11) is -2.41. The summed E-state index contributed by atoms with van der Waals surface area (Å²) in [6.45, 7) is 2.90. The van der Waals surface area contributed by atoms with Gasteiger partial charge in [-0.1, -0.05) is 19.1 Å². The second-order valence-corrected chi connectivity index (χ2v) is 9.01. The predicted octanol–water partition coefficient (Wildman–Crippen LogP) is 2.67. The molecule has 162 valence electrons. The van der Waals surface area contributed by atoms with E-state index in [1.165, 1.54) is 35.7 Å². The van der Waals surface area contributed by atoms with Gasteiger partial charge in [0.2, 0.25) is 15.9 Å². The molecule has 1 saturated heterocycles. The fraction of sp³-hybridized carbons (Fsp3) is 0.381. The van der Waals surface area contributed by atoms with Gasteiger partial charge in [-0.2, -0.15) is 4.31 Å². The summed E-state index contributed by atoms with van der Waals surface area (Å²) in [5.41, 5.74) is 1.06. The fourth-order valence-corrected chi connectivity index (χ4v) is 4.85. The van der Waals surface area contributed by atoms with Crippen molar-refractivity contribution in [3.05, 3.63) is 53.8 Å². The minimum absolute atomic E-state index is 0.0116. The van der Waals surface area contributed by atoms with Crippen LogP contribution in [0.5, 0.6) is 5.75 Å². The number of methoxy groups -OCH3 is 1. The van der Waals surface area contributed by atoms with Crippen molar-refractivity contribution in [3.8, 4) is 5.75 Å². The zero-order chi connectivity index (χ0) is 21.7. The summed E-state index contributed by atoms with van der Waals surface area (Å²) in [6.07, 6.45) is 0.360. The van der Waals surface area contributed by atoms with Gasteiger partial charge in [0.1, 0.15) is 16.5 Å². The molecule has 7 nitrogen and oxygen atoms in total. The Morgan fingerprint density at radius 1 is 1.23 bits per heavy atom. The molecule has 0 radical (unpaired) electrons. The lowest BCUT2D eigenvalue weighted by molar-refractivity contribution is -0.119. The number of benzene rings is 2. The molecule has 1 N–H and O–H groups in total. The zero-order valence-electron chi connectivity index (χ0n) is 16.9. The van der Waals surface area contributed by atoms with Crippen LogP contribution in [0, 0.1) is 11.7 Å². The molecule has 0 saturated carbocycles. The zero-order valence-corrected chi connectivity index (χ0v) is 17.7. The highest BCUT2D eigenvalue weighted by atomic mass is 32.2. The number of rotatable bonds is 7. The molecular formula is C21H25FN2O5S. The van der Waals surface area contributed by atoms with Gasteiger partial charge < -0.3 is 14.8 Å². The molecule has 2 aromatic carbocycles. The van der Waals surface area contributed by atoms with E-state index in [2.05, 4.69) is 5.32 Å². The Balaban J connectivity index is 1.78. The van der Waals surface area contributed by atoms with Gasteiger partial charge >= 0.3 is 0 Å². The van der Waals surface area contributed by atoms with Crippen LogP contribution >= 0.6 is 0 Å². The largest absolute Gasteiger partial charge is 0.495 e. The second-order valence-electron chi connectivity index (χ2n) is 7.11. The summed E-state index contributed by atoms with van der Waals surface area (Å²) in [6, 6.07) is 10.6. The Kier molecular flexibility index (Phi) is 7.06. The molecule has 1 aliphatic heterocycles. The Labute approximate surface area is 175 Å². The first-order valence-electron chi connectivity index (χ1n) is 9.62. The van der Waals surface area contributed by atoms with Crippen molar-refractivity contribution in [2.75, 3.05) is 38.7 Å². The van der Waals surface area contributed by atoms with Crippen LogP contribution in [0.1, 0.15) is 12.5 Å². The van der Waals surface area contributed by atoms with Crippen molar-refractivity contribution in [2.24, 2.45) is 5.92 Å². The van der Waals surface area contributed by atoms with Crippen molar-refractivity contribution in [1.82, 2.24) is 4.31 Å². The van der Waals surface area contributed by atoms with Gasteiger partial charge in [0, 0.05) is 24.7 Å². The molecule has 0 aromatic heterocycles. The quantitative estimate of drug-likeness (QED) is 0.721. The number of sulfonamides is 1. The molecule has 1 amide bonds. The molecule has 2 aromatic rings. The van der Waals surface area contributed by atoms with Crippen LogP contribution in [0.25, 0.3) is 0 Å². The van der Waals surface area contributed by atoms with E-state index in [9.17, 15) is 17.6 Å². The number of halogens is 1. The van der Waals surface area contributed by atoms with Crippen molar-refractivity contribution in [3.63, 3.8) is 0 Å². The van der Waals surface area contributed by atoms with Crippen LogP contribution in [0.4, 0.5) is 10.1 Å². The Morgan fingerprint density at radius 3 is 2.63 bits per heavy atom. The first-order valence-corrected chi connectivity index (χ1v) is 11.1. The van der Waals surface area contributed by atoms with Gasteiger partial charge in [0.05, 0.1) is 20.3 Å². The van der Waals surface area contributed by atoms with E-state index in [4.69, 9.17) is 9.47 Å². The third-order valence-corrected chi connectivity index (χ3v) is 6.82. The number of carbonyl (C=O) groups is 1. The van der Waals surface area contributed by atoms with Crippen LogP contribution < -0.4 is 10.1 Å². The lowest BCUT2D eigenvalue weighted by Gasteiger charge is -2.27. The van der Waals surface area contributed by atoms with E-state index in [0.717, 1.165) is 0 Å². The molecular weight excluding hydrogens is 411 g/mol. The van der Waals surface area contributed by atoms with E-state index in [1.807, 2.05) is 0 Å². The van der Waals surface area contributed by atoms with Crippen LogP contribution in [0.3, 0.4) is 0 Å². The van der Waals surface area contributed by atoms with E-state index < -0.39 is 15.9 Å². The monoisotopic (exact) mass is 436 g/mol. The summed E-state index contributed by atoms with van der Waals surface area (Å²) < 4.78 is 51.3. The molecule has 0 aliphatic carbocycles. The van der Waals surface area contributed by atoms with Crippen LogP contribution in [-0.4, -0.2) is 52.0 Å². The Hall–Kier alpha value is -2.49. The maximum absolute atomic E-state index is 13.4. The lowest BCUT2D eigenvalue weighted by atomic mass is 10.0. The average molecular weight is 437 g/mol. The van der Waals surface area contributed by atoms with E-state index in [0.29, 0.717) is 30.9 Å². The number of nitrogens with zero attached hydrogens (tertiary/aromatic N) is 1. The molecule has 1 aliphatic rings. The van der Waals surface area contributed by atoms with Crippen LogP contribution in [0.2, 0.25) is 0 Å². The summed E-state index contributed by atoms with van der Waals surface area (Å²) >= 11 is 0. The number of anilines is 1. The van der Waals surface area contributed by atoms with Gasteiger partial charge in [-0.05, 0) is 42.3 Å². The number of nitrogens with one attached hydrogen (secondary N) is 1. The SMILES string of the molecule is COc1ccc(NC(=O)C(C)Cc2cccc(F)c2)cc1S(=O)(=O)N1CCOCC1. The molecule has 1 heterocycles. The molecule has 1 unspecified atom stereocenters. The smallest absolute Gasteiger partial charge is 0.246 e. The number of ether oxygens (including phenoxy) is 2. The highest BCUT2D eigenvalue weighted by molar-refractivity contribution is 7.89. The lowest BCUT2D eigenvalue weighted by Crippen LogP contribution is -2.40. The molecule has 1 fully saturated rings. The highest BCUT2D eigenvalue weighted by Crippen LogP contribution is 2.30. The second kappa shape index (κ2) is 9.55. The predicted molar refractivity (Wildman–Crippen MR) is 110 cm³/mol. The normalized spacial score (nSPS) is 16.1. The van der Waals surface area contributed by atoms with Crippen molar-refractivity contribution < 1.29 is 27.1 Å². The number of carbonyl (C=O) groups excluding carboxylic acids is 1. The third kappa shape index (κ3) is 5.16. The van der Waals surface area contributed by atoms with Crippen molar-refractivity contribution in [1.29, 1.82) is 0 Å². The minimum atomic E-state index is -3.80. The van der Waals surface area contributed by atoms with Gasteiger partial charge in [-0.15, -0.1) is 0 Å². The summed E-state index contributed by atoms with van der Waals surface area (Å²) in [5, 5.41) is 2.75. The van der Waals surface area contributed by atoms with Gasteiger partial charge in [0.15, 0.2) is 0 Å². The first-order chi connectivity index (χ1) is 14.3. The number of hydrogen-bond acceptors (Lipinski definition) is 5. The number of amides is 1. The Bertz CT molecular complexity index is 1010. The van der Waals surface area contributed by atoms with Gasteiger partial charge in [-0.25, -0.2) is 12.8 Å². The first kappa shape index (κ1) is 22.2. The van der Waals surface area contributed by atoms with E-state index in [1.54, 1.807) is 25.1 Å². The van der Waals surface area contributed by atoms with Crippen molar-refractivity contribution in [2.45, 2.75) is 18.2 Å². The summed E-state index contributed by atoms with van der Waals surface area (Å²) in [5.74, 6) is -0.882. The number of hydrogen-bond donors (Lipinski definition) is 1. The van der Waals surface area contributed by atoms with Crippen LogP contribution in [-0.2, 0) is 26.0 Å². The minimum Gasteiger partial charge on any atom is -0.495 e. The van der Waals surface area contributed by atoms with E-state index >= 15 is 0 Å². The molecule has 0 spiro atoms. The number of morpholine rings is 1. The molecule has 9 heteroatoms. The fourth-order valence-electron chi connectivity index (χ4n) is 3.26. The van der Waals surface area contributed by atoms with E-state index in [-0.39, 0.29) is 35.5 Å². The maximum Gasteiger partial charge on any atom is 0.246 e. The molecule has 0 bridgehead atoms.